The van der Waals surface area contributed by atoms with Crippen LogP contribution in [0.15, 0.2) is 23.6 Å². The summed E-state index contributed by atoms with van der Waals surface area (Å²) < 4.78 is 0. The van der Waals surface area contributed by atoms with Crippen LogP contribution in [-0.2, 0) is 13.1 Å². The minimum atomic E-state index is 0.564. The first kappa shape index (κ1) is 12.6. The fourth-order valence-electron chi connectivity index (χ4n) is 2.27. The van der Waals surface area contributed by atoms with Gasteiger partial charge in [-0.25, -0.2) is 9.97 Å². The summed E-state index contributed by atoms with van der Waals surface area (Å²) in [7, 11) is 0. The topological polar surface area (TPSA) is 55.0 Å². The van der Waals surface area contributed by atoms with Gasteiger partial charge >= 0.3 is 0 Å². The van der Waals surface area contributed by atoms with Crippen LogP contribution < -0.4 is 5.73 Å². The monoisotopic (exact) mass is 274 g/mol. The standard InChI is InChI=1S/C14H18N4S/c1-10-7-13(15)17-14(16-10)9-18(11-4-5-11)8-12-3-2-6-19-12/h2-3,6-7,11H,4-5,8-9H2,1H3,(H2,15,16,17). The van der Waals surface area contributed by atoms with E-state index in [1.807, 2.05) is 13.0 Å². The summed E-state index contributed by atoms with van der Waals surface area (Å²) in [6.45, 7) is 3.73. The van der Waals surface area contributed by atoms with Crippen LogP contribution >= 0.6 is 11.3 Å². The average molecular weight is 274 g/mol. The Kier molecular flexibility index (Phi) is 3.48. The summed E-state index contributed by atoms with van der Waals surface area (Å²) in [5, 5.41) is 2.13. The highest BCUT2D eigenvalue weighted by molar-refractivity contribution is 7.09. The van der Waals surface area contributed by atoms with Gasteiger partial charge in [-0.2, -0.15) is 0 Å². The Morgan fingerprint density at radius 3 is 2.84 bits per heavy atom. The highest BCUT2D eigenvalue weighted by atomic mass is 32.1. The average Bonchev–Trinajstić information content (AvgIpc) is 3.06. The number of thiophene rings is 1. The molecular weight excluding hydrogens is 256 g/mol. The number of nitrogen functional groups attached to an aromatic ring is 1. The molecule has 2 heterocycles. The third-order valence-electron chi connectivity index (χ3n) is 3.27. The smallest absolute Gasteiger partial charge is 0.144 e. The van der Waals surface area contributed by atoms with Crippen LogP contribution in [0, 0.1) is 6.92 Å². The van der Waals surface area contributed by atoms with E-state index < -0.39 is 0 Å². The number of nitrogens with two attached hydrogens (primary N) is 1. The highest BCUT2D eigenvalue weighted by Gasteiger charge is 2.29. The van der Waals surface area contributed by atoms with Crippen molar-refractivity contribution in [1.29, 1.82) is 0 Å². The molecule has 0 unspecified atom stereocenters. The Labute approximate surface area is 117 Å². The van der Waals surface area contributed by atoms with E-state index in [4.69, 9.17) is 5.73 Å². The van der Waals surface area contributed by atoms with Gasteiger partial charge in [0.05, 0.1) is 6.54 Å². The Morgan fingerprint density at radius 2 is 2.21 bits per heavy atom. The molecule has 0 atom stereocenters. The molecule has 0 radical (unpaired) electrons. The Balaban J connectivity index is 1.74. The zero-order valence-electron chi connectivity index (χ0n) is 11.0. The Hall–Kier alpha value is -1.46. The maximum absolute atomic E-state index is 5.80. The lowest BCUT2D eigenvalue weighted by molar-refractivity contribution is 0.241. The maximum Gasteiger partial charge on any atom is 0.144 e. The molecule has 0 aromatic carbocycles. The molecule has 1 fully saturated rings. The second-order valence-corrected chi connectivity index (χ2v) is 6.10. The van der Waals surface area contributed by atoms with E-state index in [0.29, 0.717) is 11.9 Å². The first-order valence-corrected chi connectivity index (χ1v) is 7.45. The van der Waals surface area contributed by atoms with Gasteiger partial charge in [-0.3, -0.25) is 4.90 Å². The Morgan fingerprint density at radius 1 is 1.37 bits per heavy atom. The van der Waals surface area contributed by atoms with Crippen molar-refractivity contribution in [2.45, 2.75) is 38.9 Å². The van der Waals surface area contributed by atoms with Crippen LogP contribution in [0.2, 0.25) is 0 Å². The molecule has 1 saturated carbocycles. The number of aromatic nitrogens is 2. The number of hydrogen-bond acceptors (Lipinski definition) is 5. The molecule has 3 rings (SSSR count). The third-order valence-corrected chi connectivity index (χ3v) is 4.13. The molecule has 19 heavy (non-hydrogen) atoms. The minimum Gasteiger partial charge on any atom is -0.384 e. The van der Waals surface area contributed by atoms with E-state index in [0.717, 1.165) is 24.6 Å². The lowest BCUT2D eigenvalue weighted by Gasteiger charge is -2.20. The van der Waals surface area contributed by atoms with E-state index in [1.165, 1.54) is 17.7 Å². The van der Waals surface area contributed by atoms with E-state index in [9.17, 15) is 0 Å². The number of rotatable bonds is 5. The fraction of sp³-hybridized carbons (Fsp3) is 0.429. The van der Waals surface area contributed by atoms with Crippen LogP contribution in [0.25, 0.3) is 0 Å². The number of nitrogens with zero attached hydrogens (tertiary/aromatic N) is 3. The third kappa shape index (κ3) is 3.30. The van der Waals surface area contributed by atoms with Gasteiger partial charge in [0.2, 0.25) is 0 Å². The van der Waals surface area contributed by atoms with Gasteiger partial charge < -0.3 is 5.73 Å². The molecule has 2 N–H and O–H groups in total. The van der Waals surface area contributed by atoms with Crippen LogP contribution in [0.4, 0.5) is 5.82 Å². The molecular formula is C14H18N4S. The van der Waals surface area contributed by atoms with E-state index in [1.54, 1.807) is 11.3 Å². The molecule has 100 valence electrons. The van der Waals surface area contributed by atoms with Crippen LogP contribution in [0.3, 0.4) is 0 Å². The number of anilines is 1. The van der Waals surface area contributed by atoms with Crippen molar-refractivity contribution in [3.05, 3.63) is 40.0 Å². The van der Waals surface area contributed by atoms with Gasteiger partial charge in [-0.05, 0) is 31.2 Å². The van der Waals surface area contributed by atoms with E-state index in [-0.39, 0.29) is 0 Å². The van der Waals surface area contributed by atoms with Gasteiger partial charge in [0.25, 0.3) is 0 Å². The predicted octanol–water partition coefficient (Wildman–Crippen LogP) is 2.59. The second kappa shape index (κ2) is 5.27. The first-order chi connectivity index (χ1) is 9.20. The lowest BCUT2D eigenvalue weighted by Crippen LogP contribution is -2.26. The molecule has 0 saturated heterocycles. The predicted molar refractivity (Wildman–Crippen MR) is 77.8 cm³/mol. The van der Waals surface area contributed by atoms with Crippen molar-refractivity contribution in [3.63, 3.8) is 0 Å². The van der Waals surface area contributed by atoms with Crippen LogP contribution in [0.1, 0.15) is 29.2 Å². The summed E-state index contributed by atoms with van der Waals surface area (Å²) in [4.78, 5) is 12.7. The summed E-state index contributed by atoms with van der Waals surface area (Å²) in [6, 6.07) is 6.79. The molecule has 0 spiro atoms. The molecule has 4 nitrogen and oxygen atoms in total. The Bertz CT molecular complexity index is 528. The molecule has 1 aliphatic carbocycles. The van der Waals surface area contributed by atoms with Crippen molar-refractivity contribution < 1.29 is 0 Å². The van der Waals surface area contributed by atoms with E-state index in [2.05, 4.69) is 32.4 Å². The van der Waals surface area contributed by atoms with Gasteiger partial charge in [0.1, 0.15) is 11.6 Å². The molecule has 2 aromatic rings. The SMILES string of the molecule is Cc1cc(N)nc(CN(Cc2cccs2)C2CC2)n1. The quantitative estimate of drug-likeness (QED) is 0.910. The van der Waals surface area contributed by atoms with E-state index >= 15 is 0 Å². The van der Waals surface area contributed by atoms with Crippen molar-refractivity contribution >= 4 is 17.2 Å². The zero-order valence-corrected chi connectivity index (χ0v) is 11.9. The van der Waals surface area contributed by atoms with Crippen molar-refractivity contribution in [1.82, 2.24) is 14.9 Å². The maximum atomic E-state index is 5.80. The van der Waals surface area contributed by atoms with Crippen molar-refractivity contribution in [2.24, 2.45) is 0 Å². The summed E-state index contributed by atoms with van der Waals surface area (Å²) in [5.41, 5.74) is 6.73. The van der Waals surface area contributed by atoms with Gasteiger partial charge in [0.15, 0.2) is 0 Å². The van der Waals surface area contributed by atoms with Crippen molar-refractivity contribution in [2.75, 3.05) is 5.73 Å². The van der Waals surface area contributed by atoms with Gasteiger partial charge in [0, 0.05) is 29.2 Å². The van der Waals surface area contributed by atoms with Gasteiger partial charge in [-0.15, -0.1) is 11.3 Å². The first-order valence-electron chi connectivity index (χ1n) is 6.57. The summed E-state index contributed by atoms with van der Waals surface area (Å²) in [5.74, 6) is 1.40. The molecule has 1 aliphatic rings. The number of aryl methyl sites for hydroxylation is 1. The van der Waals surface area contributed by atoms with Crippen LogP contribution in [-0.4, -0.2) is 20.9 Å². The van der Waals surface area contributed by atoms with Gasteiger partial charge in [-0.1, -0.05) is 6.07 Å². The zero-order chi connectivity index (χ0) is 13.2. The molecule has 0 aliphatic heterocycles. The molecule has 2 aromatic heterocycles. The highest BCUT2D eigenvalue weighted by Crippen LogP contribution is 2.30. The molecule has 0 amide bonds. The fourth-order valence-corrected chi connectivity index (χ4v) is 2.99. The largest absolute Gasteiger partial charge is 0.384 e. The van der Waals surface area contributed by atoms with Crippen LogP contribution in [0.5, 0.6) is 0 Å². The second-order valence-electron chi connectivity index (χ2n) is 5.07. The summed E-state index contributed by atoms with van der Waals surface area (Å²) in [6.07, 6.45) is 2.57. The summed E-state index contributed by atoms with van der Waals surface area (Å²) >= 11 is 1.81. The van der Waals surface area contributed by atoms with Crippen molar-refractivity contribution in [3.8, 4) is 0 Å². The normalized spacial score (nSPS) is 15.1. The molecule has 0 bridgehead atoms. The lowest BCUT2D eigenvalue weighted by atomic mass is 10.3. The number of hydrogen-bond donors (Lipinski definition) is 1. The molecule has 5 heteroatoms. The minimum absolute atomic E-state index is 0.564.